The maximum atomic E-state index is 11.7. The Bertz CT molecular complexity index is 361. The van der Waals surface area contributed by atoms with Gasteiger partial charge in [-0.15, -0.1) is 0 Å². The lowest BCUT2D eigenvalue weighted by atomic mass is 9.83. The number of ether oxygens (including phenoxy) is 1. The van der Waals surface area contributed by atoms with Gasteiger partial charge in [-0.25, -0.2) is 0 Å². The van der Waals surface area contributed by atoms with E-state index >= 15 is 0 Å². The van der Waals surface area contributed by atoms with Crippen LogP contribution in [0.5, 0.6) is 0 Å². The van der Waals surface area contributed by atoms with Crippen LogP contribution in [0.1, 0.15) is 20.3 Å². The van der Waals surface area contributed by atoms with Crippen LogP contribution in [0, 0.1) is 23.7 Å². The van der Waals surface area contributed by atoms with E-state index in [9.17, 15) is 4.79 Å². The zero-order chi connectivity index (χ0) is 9.87. The zero-order valence-electron chi connectivity index (χ0n) is 8.49. The second-order valence-electron chi connectivity index (χ2n) is 4.79. The number of esters is 1. The quantitative estimate of drug-likeness (QED) is 0.432. The molecule has 3 aliphatic rings. The Morgan fingerprint density at radius 2 is 1.93 bits per heavy atom. The minimum atomic E-state index is 0.00282. The number of cyclic esters (lactones) is 1. The van der Waals surface area contributed by atoms with Crippen LogP contribution in [-0.4, -0.2) is 5.97 Å². The zero-order valence-corrected chi connectivity index (χ0v) is 8.49. The third-order valence-electron chi connectivity index (χ3n) is 3.74. The first-order valence-corrected chi connectivity index (χ1v) is 5.26. The van der Waals surface area contributed by atoms with E-state index in [1.54, 1.807) is 0 Å². The van der Waals surface area contributed by atoms with Gasteiger partial charge in [-0.3, -0.25) is 4.79 Å². The highest BCUT2D eigenvalue weighted by Gasteiger charge is 2.55. The molecule has 2 bridgehead atoms. The molecule has 2 aliphatic carbocycles. The Balaban J connectivity index is 2.08. The molecule has 3 rings (SSSR count). The summed E-state index contributed by atoms with van der Waals surface area (Å²) in [4.78, 5) is 11.7. The highest BCUT2D eigenvalue weighted by atomic mass is 16.5. The summed E-state index contributed by atoms with van der Waals surface area (Å²) in [7, 11) is 0. The molecule has 0 spiro atoms. The molecule has 0 aromatic rings. The van der Waals surface area contributed by atoms with Gasteiger partial charge in [0, 0.05) is 5.92 Å². The van der Waals surface area contributed by atoms with Gasteiger partial charge in [0.2, 0.25) is 0 Å². The summed E-state index contributed by atoms with van der Waals surface area (Å²) in [6.45, 7) is 4.06. The summed E-state index contributed by atoms with van der Waals surface area (Å²) in [5.41, 5.74) is 1.16. The smallest absolute Gasteiger partial charge is 0.315 e. The largest absolute Gasteiger partial charge is 0.431 e. The van der Waals surface area contributed by atoms with Gasteiger partial charge in [-0.2, -0.15) is 0 Å². The predicted molar refractivity (Wildman–Crippen MR) is 52.2 cm³/mol. The number of rotatable bonds is 0. The van der Waals surface area contributed by atoms with Crippen molar-refractivity contribution >= 4 is 5.97 Å². The molecule has 1 heterocycles. The molecule has 0 radical (unpaired) electrons. The van der Waals surface area contributed by atoms with Crippen molar-refractivity contribution in [2.45, 2.75) is 20.3 Å². The normalized spacial score (nSPS) is 43.0. The molecule has 74 valence electrons. The van der Waals surface area contributed by atoms with Crippen molar-refractivity contribution in [2.75, 3.05) is 0 Å². The van der Waals surface area contributed by atoms with E-state index in [1.807, 2.05) is 13.8 Å². The second-order valence-corrected chi connectivity index (χ2v) is 4.79. The lowest BCUT2D eigenvalue weighted by Gasteiger charge is -2.16. The Labute approximate surface area is 83.6 Å². The topological polar surface area (TPSA) is 26.3 Å². The molecule has 1 aliphatic heterocycles. The van der Waals surface area contributed by atoms with Crippen LogP contribution in [0.25, 0.3) is 0 Å². The summed E-state index contributed by atoms with van der Waals surface area (Å²) in [6, 6.07) is 0. The van der Waals surface area contributed by atoms with Crippen LogP contribution in [-0.2, 0) is 9.53 Å². The van der Waals surface area contributed by atoms with E-state index in [0.717, 1.165) is 17.8 Å². The Kier molecular flexibility index (Phi) is 1.48. The fraction of sp³-hybridized carbons (Fsp3) is 0.583. The maximum Gasteiger partial charge on any atom is 0.315 e. The fourth-order valence-corrected chi connectivity index (χ4v) is 3.18. The van der Waals surface area contributed by atoms with E-state index < -0.39 is 0 Å². The summed E-state index contributed by atoms with van der Waals surface area (Å²) >= 11 is 0. The van der Waals surface area contributed by atoms with Gasteiger partial charge >= 0.3 is 5.97 Å². The number of hydrogen-bond donors (Lipinski definition) is 0. The van der Waals surface area contributed by atoms with Gasteiger partial charge in [0.1, 0.15) is 5.76 Å². The SMILES string of the molecule is CC(C)=C1OC(=O)C2C1[C@H]1C=C[C@@H]2C1. The van der Waals surface area contributed by atoms with Gasteiger partial charge in [0.05, 0.1) is 5.92 Å². The molecular formula is C12H14O2. The van der Waals surface area contributed by atoms with Crippen molar-refractivity contribution in [2.24, 2.45) is 23.7 Å². The number of carbonyl (C=O) groups excluding carboxylic acids is 1. The first-order chi connectivity index (χ1) is 6.68. The molecule has 2 nitrogen and oxygen atoms in total. The van der Waals surface area contributed by atoms with Crippen LogP contribution in [0.2, 0.25) is 0 Å². The maximum absolute atomic E-state index is 11.7. The molecule has 14 heavy (non-hydrogen) atoms. The summed E-state index contributed by atoms with van der Waals surface area (Å²) in [5.74, 6) is 2.47. The molecule has 4 atom stereocenters. The Morgan fingerprint density at radius 1 is 1.29 bits per heavy atom. The van der Waals surface area contributed by atoms with E-state index in [-0.39, 0.29) is 11.9 Å². The van der Waals surface area contributed by atoms with Crippen LogP contribution in [0.3, 0.4) is 0 Å². The standard InChI is InChI=1S/C12H14O2/c1-6(2)11-9-7-3-4-8(5-7)10(9)12(13)14-11/h3-4,7-10H,5H2,1-2H3/t7-,8+,9?,10?/m0/s1. The Morgan fingerprint density at radius 3 is 2.57 bits per heavy atom. The van der Waals surface area contributed by atoms with Gasteiger partial charge in [-0.1, -0.05) is 12.2 Å². The number of carbonyl (C=O) groups is 1. The molecule has 2 unspecified atom stereocenters. The monoisotopic (exact) mass is 190 g/mol. The van der Waals surface area contributed by atoms with Gasteiger partial charge < -0.3 is 4.74 Å². The minimum Gasteiger partial charge on any atom is -0.431 e. The lowest BCUT2D eigenvalue weighted by molar-refractivity contribution is -0.139. The molecule has 0 amide bonds. The fourth-order valence-electron chi connectivity index (χ4n) is 3.18. The molecular weight excluding hydrogens is 176 g/mol. The Hall–Kier alpha value is -1.05. The van der Waals surface area contributed by atoms with E-state index in [1.165, 1.54) is 0 Å². The van der Waals surface area contributed by atoms with Crippen LogP contribution < -0.4 is 0 Å². The van der Waals surface area contributed by atoms with Gasteiger partial charge in [0.15, 0.2) is 0 Å². The molecule has 1 saturated heterocycles. The van der Waals surface area contributed by atoms with E-state index in [4.69, 9.17) is 4.74 Å². The van der Waals surface area contributed by atoms with Crippen molar-refractivity contribution in [1.29, 1.82) is 0 Å². The highest BCUT2D eigenvalue weighted by Crippen LogP contribution is 2.55. The van der Waals surface area contributed by atoms with E-state index in [0.29, 0.717) is 17.8 Å². The number of hydrogen-bond acceptors (Lipinski definition) is 2. The van der Waals surface area contributed by atoms with Gasteiger partial charge in [-0.05, 0) is 37.7 Å². The minimum absolute atomic E-state index is 0.00282. The van der Waals surface area contributed by atoms with Gasteiger partial charge in [0.25, 0.3) is 0 Å². The average Bonchev–Trinajstić information content (AvgIpc) is 2.75. The van der Waals surface area contributed by atoms with Crippen molar-refractivity contribution in [3.05, 3.63) is 23.5 Å². The van der Waals surface area contributed by atoms with Crippen molar-refractivity contribution in [3.8, 4) is 0 Å². The van der Waals surface area contributed by atoms with Crippen molar-refractivity contribution in [3.63, 3.8) is 0 Å². The van der Waals surface area contributed by atoms with Crippen molar-refractivity contribution < 1.29 is 9.53 Å². The highest BCUT2D eigenvalue weighted by molar-refractivity contribution is 5.79. The molecule has 1 saturated carbocycles. The molecule has 2 fully saturated rings. The second kappa shape index (κ2) is 2.50. The number of allylic oxidation sites excluding steroid dienone is 4. The van der Waals surface area contributed by atoms with Crippen LogP contribution in [0.4, 0.5) is 0 Å². The first kappa shape index (κ1) is 8.27. The molecule has 0 aromatic carbocycles. The van der Waals surface area contributed by atoms with Crippen LogP contribution in [0.15, 0.2) is 23.5 Å². The molecule has 0 N–H and O–H groups in total. The predicted octanol–water partition coefficient (Wildman–Crippen LogP) is 2.28. The first-order valence-electron chi connectivity index (χ1n) is 5.26. The van der Waals surface area contributed by atoms with E-state index in [2.05, 4.69) is 12.2 Å². The average molecular weight is 190 g/mol. The third kappa shape index (κ3) is 0.839. The number of fused-ring (bicyclic) bond motifs is 5. The molecule has 0 aromatic heterocycles. The molecule has 2 heteroatoms. The van der Waals surface area contributed by atoms with Crippen LogP contribution >= 0.6 is 0 Å². The third-order valence-corrected chi connectivity index (χ3v) is 3.74. The summed E-state index contributed by atoms with van der Waals surface area (Å²) in [5, 5.41) is 0. The lowest BCUT2D eigenvalue weighted by Crippen LogP contribution is -2.19. The van der Waals surface area contributed by atoms with Crippen molar-refractivity contribution in [1.82, 2.24) is 0 Å². The summed E-state index contributed by atoms with van der Waals surface area (Å²) < 4.78 is 5.37. The summed E-state index contributed by atoms with van der Waals surface area (Å²) in [6.07, 6.45) is 5.61.